The number of nitrogens with zero attached hydrogens (tertiary/aromatic N) is 3. The SMILES string of the molecule is Cc1ccc(C(=O)N2CCCN(Cc3nc4ccccc4o3)CC2)cc1C. The van der Waals surface area contributed by atoms with Crippen LogP contribution in [-0.4, -0.2) is 46.9 Å². The molecule has 0 saturated carbocycles. The maximum absolute atomic E-state index is 12.9. The van der Waals surface area contributed by atoms with Crippen LogP contribution in [-0.2, 0) is 6.54 Å². The van der Waals surface area contributed by atoms with Gasteiger partial charge in [-0.2, -0.15) is 0 Å². The number of fused-ring (bicyclic) bond motifs is 1. The van der Waals surface area contributed by atoms with Crippen molar-refractivity contribution in [2.75, 3.05) is 26.2 Å². The zero-order valence-electron chi connectivity index (χ0n) is 15.9. The lowest BCUT2D eigenvalue weighted by Gasteiger charge is -2.21. The first-order valence-electron chi connectivity index (χ1n) is 9.53. The second kappa shape index (κ2) is 7.53. The fourth-order valence-electron chi connectivity index (χ4n) is 3.57. The topological polar surface area (TPSA) is 49.6 Å². The van der Waals surface area contributed by atoms with E-state index >= 15 is 0 Å². The van der Waals surface area contributed by atoms with Gasteiger partial charge >= 0.3 is 0 Å². The third kappa shape index (κ3) is 3.88. The minimum atomic E-state index is 0.127. The van der Waals surface area contributed by atoms with Crippen molar-refractivity contribution in [3.05, 3.63) is 65.0 Å². The van der Waals surface area contributed by atoms with E-state index in [0.29, 0.717) is 6.54 Å². The Kier molecular flexibility index (Phi) is 4.94. The molecule has 0 unspecified atom stereocenters. The van der Waals surface area contributed by atoms with Crippen molar-refractivity contribution < 1.29 is 9.21 Å². The standard InChI is InChI=1S/C22H25N3O2/c1-16-8-9-18(14-17(16)2)22(26)25-11-5-10-24(12-13-25)15-21-23-19-6-3-4-7-20(19)27-21/h3-4,6-9,14H,5,10-13,15H2,1-2H3. The van der Waals surface area contributed by atoms with E-state index in [4.69, 9.17) is 4.42 Å². The molecule has 140 valence electrons. The van der Waals surface area contributed by atoms with E-state index in [1.54, 1.807) is 0 Å². The van der Waals surface area contributed by atoms with Crippen molar-refractivity contribution in [2.45, 2.75) is 26.8 Å². The Bertz CT molecular complexity index is 930. The Balaban J connectivity index is 1.41. The highest BCUT2D eigenvalue weighted by atomic mass is 16.3. The number of benzene rings is 2. The molecule has 2 heterocycles. The van der Waals surface area contributed by atoms with Gasteiger partial charge in [-0.05, 0) is 55.7 Å². The first kappa shape index (κ1) is 17.7. The van der Waals surface area contributed by atoms with Crippen LogP contribution in [0.1, 0.15) is 33.8 Å². The molecule has 0 radical (unpaired) electrons. The zero-order chi connectivity index (χ0) is 18.8. The molecule has 27 heavy (non-hydrogen) atoms. The van der Waals surface area contributed by atoms with Crippen LogP contribution in [0, 0.1) is 13.8 Å². The Hall–Kier alpha value is -2.66. The molecule has 1 aliphatic heterocycles. The first-order chi connectivity index (χ1) is 13.1. The van der Waals surface area contributed by atoms with E-state index in [2.05, 4.69) is 23.7 Å². The molecule has 3 aromatic rings. The minimum Gasteiger partial charge on any atom is -0.439 e. The monoisotopic (exact) mass is 363 g/mol. The smallest absolute Gasteiger partial charge is 0.253 e. The summed E-state index contributed by atoms with van der Waals surface area (Å²) >= 11 is 0. The van der Waals surface area contributed by atoms with Crippen molar-refractivity contribution in [3.63, 3.8) is 0 Å². The van der Waals surface area contributed by atoms with Crippen LogP contribution in [0.15, 0.2) is 46.9 Å². The number of aromatic nitrogens is 1. The summed E-state index contributed by atoms with van der Waals surface area (Å²) in [7, 11) is 0. The molecule has 1 fully saturated rings. The number of carbonyl (C=O) groups excluding carboxylic acids is 1. The van der Waals surface area contributed by atoms with Gasteiger partial charge in [0.2, 0.25) is 5.89 Å². The number of amides is 1. The number of para-hydroxylation sites is 2. The molecule has 5 heteroatoms. The summed E-state index contributed by atoms with van der Waals surface area (Å²) in [6.07, 6.45) is 0.955. The lowest BCUT2D eigenvalue weighted by atomic mass is 10.1. The number of hydrogen-bond acceptors (Lipinski definition) is 4. The predicted molar refractivity (Wildman–Crippen MR) is 106 cm³/mol. The average Bonchev–Trinajstić information content (AvgIpc) is 2.93. The number of oxazole rings is 1. The summed E-state index contributed by atoms with van der Waals surface area (Å²) in [6, 6.07) is 13.8. The van der Waals surface area contributed by atoms with Gasteiger partial charge in [-0.1, -0.05) is 18.2 Å². The maximum atomic E-state index is 12.9. The van der Waals surface area contributed by atoms with Crippen LogP contribution in [0.3, 0.4) is 0 Å². The van der Waals surface area contributed by atoms with Gasteiger partial charge in [-0.15, -0.1) is 0 Å². The second-order valence-corrected chi connectivity index (χ2v) is 7.30. The maximum Gasteiger partial charge on any atom is 0.253 e. The van der Waals surface area contributed by atoms with Gasteiger partial charge < -0.3 is 9.32 Å². The van der Waals surface area contributed by atoms with Gasteiger partial charge in [-0.25, -0.2) is 4.98 Å². The lowest BCUT2D eigenvalue weighted by molar-refractivity contribution is 0.0760. The van der Waals surface area contributed by atoms with Gasteiger partial charge in [0.05, 0.1) is 6.54 Å². The van der Waals surface area contributed by atoms with Crippen LogP contribution in [0.5, 0.6) is 0 Å². The van der Waals surface area contributed by atoms with E-state index in [9.17, 15) is 4.79 Å². The van der Waals surface area contributed by atoms with Crippen molar-refractivity contribution in [3.8, 4) is 0 Å². The third-order valence-corrected chi connectivity index (χ3v) is 5.33. The van der Waals surface area contributed by atoms with Gasteiger partial charge in [0.1, 0.15) is 5.52 Å². The van der Waals surface area contributed by atoms with Crippen LogP contribution in [0.4, 0.5) is 0 Å². The molecular formula is C22H25N3O2. The van der Waals surface area contributed by atoms with Gasteiger partial charge in [0.15, 0.2) is 5.58 Å². The van der Waals surface area contributed by atoms with Crippen molar-refractivity contribution in [1.82, 2.24) is 14.8 Å². The highest BCUT2D eigenvalue weighted by molar-refractivity contribution is 5.94. The molecule has 0 atom stereocenters. The van der Waals surface area contributed by atoms with Crippen molar-refractivity contribution in [1.29, 1.82) is 0 Å². The summed E-state index contributed by atoms with van der Waals surface area (Å²) in [6.45, 7) is 8.09. The Labute approximate surface area is 159 Å². The number of hydrogen-bond donors (Lipinski definition) is 0. The Morgan fingerprint density at radius 3 is 2.70 bits per heavy atom. The lowest BCUT2D eigenvalue weighted by Crippen LogP contribution is -2.35. The van der Waals surface area contributed by atoms with E-state index in [0.717, 1.165) is 60.7 Å². The van der Waals surface area contributed by atoms with Crippen LogP contribution in [0.2, 0.25) is 0 Å². The van der Waals surface area contributed by atoms with Crippen LogP contribution in [0.25, 0.3) is 11.1 Å². The molecular weight excluding hydrogens is 338 g/mol. The first-order valence-corrected chi connectivity index (χ1v) is 9.53. The molecule has 0 N–H and O–H groups in total. The van der Waals surface area contributed by atoms with Gasteiger partial charge in [-0.3, -0.25) is 9.69 Å². The number of carbonyl (C=O) groups is 1. The second-order valence-electron chi connectivity index (χ2n) is 7.30. The normalized spacial score (nSPS) is 15.9. The summed E-state index contributed by atoms with van der Waals surface area (Å²) in [5, 5.41) is 0. The van der Waals surface area contributed by atoms with Crippen molar-refractivity contribution >= 4 is 17.0 Å². The molecule has 2 aromatic carbocycles. The quantitative estimate of drug-likeness (QED) is 0.710. The van der Waals surface area contributed by atoms with E-state index < -0.39 is 0 Å². The van der Waals surface area contributed by atoms with E-state index in [-0.39, 0.29) is 5.91 Å². The molecule has 1 amide bonds. The van der Waals surface area contributed by atoms with Crippen molar-refractivity contribution in [2.24, 2.45) is 0 Å². The molecule has 0 bridgehead atoms. The molecule has 1 saturated heterocycles. The molecule has 0 spiro atoms. The molecule has 4 rings (SSSR count). The van der Waals surface area contributed by atoms with E-state index in [1.807, 2.05) is 47.4 Å². The minimum absolute atomic E-state index is 0.127. The van der Waals surface area contributed by atoms with Crippen LogP contribution < -0.4 is 0 Å². The highest BCUT2D eigenvalue weighted by Crippen LogP contribution is 2.18. The third-order valence-electron chi connectivity index (χ3n) is 5.33. The summed E-state index contributed by atoms with van der Waals surface area (Å²) in [5.74, 6) is 0.868. The summed E-state index contributed by atoms with van der Waals surface area (Å²) in [5.41, 5.74) is 4.88. The highest BCUT2D eigenvalue weighted by Gasteiger charge is 2.21. The largest absolute Gasteiger partial charge is 0.439 e. The van der Waals surface area contributed by atoms with Gasteiger partial charge in [0, 0.05) is 31.7 Å². The van der Waals surface area contributed by atoms with Crippen LogP contribution >= 0.6 is 0 Å². The van der Waals surface area contributed by atoms with Gasteiger partial charge in [0.25, 0.3) is 5.91 Å². The summed E-state index contributed by atoms with van der Waals surface area (Å²) in [4.78, 5) is 21.7. The number of aryl methyl sites for hydroxylation is 2. The molecule has 5 nitrogen and oxygen atoms in total. The fraction of sp³-hybridized carbons (Fsp3) is 0.364. The summed E-state index contributed by atoms with van der Waals surface area (Å²) < 4.78 is 5.85. The Morgan fingerprint density at radius 1 is 1.04 bits per heavy atom. The fourth-order valence-corrected chi connectivity index (χ4v) is 3.57. The van der Waals surface area contributed by atoms with E-state index in [1.165, 1.54) is 5.56 Å². The molecule has 0 aliphatic carbocycles. The predicted octanol–water partition coefficient (Wildman–Crippen LogP) is 3.79. The Morgan fingerprint density at radius 2 is 1.89 bits per heavy atom. The number of rotatable bonds is 3. The molecule has 1 aromatic heterocycles. The molecule has 1 aliphatic rings. The average molecular weight is 363 g/mol. The zero-order valence-corrected chi connectivity index (χ0v) is 15.9.